The number of hydrogen-bond donors (Lipinski definition) is 1. The van der Waals surface area contributed by atoms with Crippen LogP contribution in [0.25, 0.3) is 0 Å². The van der Waals surface area contributed by atoms with Crippen LogP contribution in [-0.2, 0) is 9.59 Å². The quantitative estimate of drug-likeness (QED) is 0.802. The zero-order chi connectivity index (χ0) is 12.3. The molecule has 2 atom stereocenters. The third kappa shape index (κ3) is 2.76. The molecule has 0 bridgehead atoms. The molecule has 2 aliphatic rings. The maximum Gasteiger partial charge on any atom is 0.242 e. The van der Waals surface area contributed by atoms with Gasteiger partial charge in [-0.3, -0.25) is 9.59 Å². The molecule has 96 valence electrons. The van der Waals surface area contributed by atoms with Crippen molar-refractivity contribution in [3.8, 4) is 0 Å². The van der Waals surface area contributed by atoms with Gasteiger partial charge in [0.1, 0.15) is 6.04 Å². The first kappa shape index (κ1) is 12.7. The molecule has 0 aromatic heterocycles. The van der Waals surface area contributed by atoms with Gasteiger partial charge in [-0.2, -0.15) is 0 Å². The van der Waals surface area contributed by atoms with Crippen LogP contribution in [-0.4, -0.2) is 46.8 Å². The maximum atomic E-state index is 12.4. The largest absolute Gasteiger partial charge is 0.353 e. The lowest BCUT2D eigenvalue weighted by Gasteiger charge is -2.37. The number of nitrogens with zero attached hydrogens (tertiary/aromatic N) is 1. The molecule has 17 heavy (non-hydrogen) atoms. The molecule has 2 saturated heterocycles. The molecule has 2 aliphatic heterocycles. The van der Waals surface area contributed by atoms with Gasteiger partial charge in [0.2, 0.25) is 11.8 Å². The summed E-state index contributed by atoms with van der Waals surface area (Å²) in [7, 11) is 0. The lowest BCUT2D eigenvalue weighted by molar-refractivity contribution is -0.143. The maximum absolute atomic E-state index is 12.4. The minimum Gasteiger partial charge on any atom is -0.353 e. The van der Waals surface area contributed by atoms with Gasteiger partial charge in [-0.25, -0.2) is 0 Å². The lowest BCUT2D eigenvalue weighted by atomic mass is 10.1. The Balaban J connectivity index is 2.03. The Kier molecular flexibility index (Phi) is 4.31. The van der Waals surface area contributed by atoms with Gasteiger partial charge in [0, 0.05) is 13.1 Å². The van der Waals surface area contributed by atoms with Gasteiger partial charge >= 0.3 is 0 Å². The van der Waals surface area contributed by atoms with Crippen molar-refractivity contribution in [3.63, 3.8) is 0 Å². The summed E-state index contributed by atoms with van der Waals surface area (Å²) < 4.78 is 0. The molecule has 0 aliphatic carbocycles. The summed E-state index contributed by atoms with van der Waals surface area (Å²) in [6.45, 7) is 3.22. The van der Waals surface area contributed by atoms with E-state index in [0.717, 1.165) is 18.6 Å². The van der Waals surface area contributed by atoms with E-state index in [0.29, 0.717) is 19.5 Å². The van der Waals surface area contributed by atoms with Gasteiger partial charge in [0.25, 0.3) is 0 Å². The van der Waals surface area contributed by atoms with Crippen LogP contribution in [0, 0.1) is 0 Å². The fraction of sp³-hybridized carbons (Fsp3) is 0.833. The number of hydrogen-bond acceptors (Lipinski definition) is 3. The van der Waals surface area contributed by atoms with Crippen LogP contribution < -0.4 is 5.32 Å². The number of rotatable bonds is 2. The molecule has 0 aromatic carbocycles. The Labute approximate surface area is 106 Å². The number of piperazine rings is 1. The van der Waals surface area contributed by atoms with Crippen molar-refractivity contribution in [1.29, 1.82) is 0 Å². The predicted molar refractivity (Wildman–Crippen MR) is 68.9 cm³/mol. The van der Waals surface area contributed by atoms with Crippen molar-refractivity contribution < 1.29 is 9.59 Å². The van der Waals surface area contributed by atoms with E-state index in [1.54, 1.807) is 16.7 Å². The normalized spacial score (nSPS) is 29.9. The van der Waals surface area contributed by atoms with Crippen LogP contribution in [0.5, 0.6) is 0 Å². The summed E-state index contributed by atoms with van der Waals surface area (Å²) in [5, 5.41) is 2.92. The van der Waals surface area contributed by atoms with Crippen molar-refractivity contribution in [2.45, 2.75) is 43.9 Å². The molecule has 2 fully saturated rings. The van der Waals surface area contributed by atoms with Gasteiger partial charge in [0.05, 0.1) is 5.25 Å². The van der Waals surface area contributed by atoms with Crippen molar-refractivity contribution in [1.82, 2.24) is 10.2 Å². The third-order valence-corrected chi connectivity index (χ3v) is 4.82. The molecule has 1 N–H and O–H groups in total. The summed E-state index contributed by atoms with van der Waals surface area (Å²) >= 11 is 1.76. The highest BCUT2D eigenvalue weighted by Gasteiger charge is 2.35. The molecule has 0 radical (unpaired) electrons. The molecule has 2 unspecified atom stereocenters. The smallest absolute Gasteiger partial charge is 0.242 e. The van der Waals surface area contributed by atoms with E-state index in [1.165, 1.54) is 6.42 Å². The lowest BCUT2D eigenvalue weighted by Crippen LogP contribution is -2.58. The molecule has 4 nitrogen and oxygen atoms in total. The number of carbonyl (C=O) groups excluding carboxylic acids is 2. The zero-order valence-corrected chi connectivity index (χ0v) is 11.1. The van der Waals surface area contributed by atoms with Crippen LogP contribution in [0.1, 0.15) is 32.6 Å². The monoisotopic (exact) mass is 256 g/mol. The van der Waals surface area contributed by atoms with E-state index < -0.39 is 0 Å². The van der Waals surface area contributed by atoms with E-state index >= 15 is 0 Å². The summed E-state index contributed by atoms with van der Waals surface area (Å²) in [5.74, 6) is 1.26. The number of nitrogens with one attached hydrogen (secondary N) is 1. The molecular weight excluding hydrogens is 236 g/mol. The highest BCUT2D eigenvalue weighted by atomic mass is 32.2. The topological polar surface area (TPSA) is 49.4 Å². The average Bonchev–Trinajstić information content (AvgIpc) is 2.38. The van der Waals surface area contributed by atoms with Gasteiger partial charge in [-0.05, 0) is 25.0 Å². The summed E-state index contributed by atoms with van der Waals surface area (Å²) in [6.07, 6.45) is 4.03. The number of thioether (sulfide) groups is 1. The minimum atomic E-state index is -0.251. The zero-order valence-electron chi connectivity index (χ0n) is 10.3. The van der Waals surface area contributed by atoms with Gasteiger partial charge in [-0.1, -0.05) is 13.3 Å². The third-order valence-electron chi connectivity index (χ3n) is 3.46. The second-order valence-corrected chi connectivity index (χ2v) is 5.91. The molecule has 2 rings (SSSR count). The fourth-order valence-electron chi connectivity index (χ4n) is 2.50. The molecular formula is C12H20N2O2S. The van der Waals surface area contributed by atoms with Crippen molar-refractivity contribution >= 4 is 23.6 Å². The van der Waals surface area contributed by atoms with Gasteiger partial charge < -0.3 is 10.2 Å². The van der Waals surface area contributed by atoms with E-state index in [1.807, 2.05) is 6.92 Å². The van der Waals surface area contributed by atoms with E-state index in [4.69, 9.17) is 0 Å². The van der Waals surface area contributed by atoms with Crippen molar-refractivity contribution in [2.24, 2.45) is 0 Å². The van der Waals surface area contributed by atoms with Gasteiger partial charge in [0.15, 0.2) is 0 Å². The van der Waals surface area contributed by atoms with Crippen molar-refractivity contribution in [3.05, 3.63) is 0 Å². The summed E-state index contributed by atoms with van der Waals surface area (Å²) in [5.41, 5.74) is 0. The first-order valence-corrected chi connectivity index (χ1v) is 7.48. The van der Waals surface area contributed by atoms with Crippen LogP contribution in [0.2, 0.25) is 0 Å². The molecule has 0 aromatic rings. The highest BCUT2D eigenvalue weighted by molar-refractivity contribution is 8.00. The summed E-state index contributed by atoms with van der Waals surface area (Å²) in [4.78, 5) is 25.9. The molecule has 2 amide bonds. The Morgan fingerprint density at radius 3 is 3.00 bits per heavy atom. The second kappa shape index (κ2) is 5.76. The van der Waals surface area contributed by atoms with E-state index in [-0.39, 0.29) is 23.1 Å². The Morgan fingerprint density at radius 2 is 2.35 bits per heavy atom. The fourth-order valence-corrected chi connectivity index (χ4v) is 3.77. The molecule has 0 spiro atoms. The first-order valence-electron chi connectivity index (χ1n) is 6.44. The Hall–Kier alpha value is -0.710. The van der Waals surface area contributed by atoms with Crippen LogP contribution in [0.4, 0.5) is 0 Å². The Morgan fingerprint density at radius 1 is 1.53 bits per heavy atom. The molecule has 2 heterocycles. The molecule has 0 saturated carbocycles. The number of carbonyl (C=O) groups is 2. The predicted octanol–water partition coefficient (Wildman–Crippen LogP) is 1.01. The number of amides is 2. The minimum absolute atomic E-state index is 0.00732. The van der Waals surface area contributed by atoms with Gasteiger partial charge in [-0.15, -0.1) is 11.8 Å². The summed E-state index contributed by atoms with van der Waals surface area (Å²) in [6, 6.07) is -0.251. The Bertz CT molecular complexity index is 303. The molecule has 5 heteroatoms. The van der Waals surface area contributed by atoms with E-state index in [2.05, 4.69) is 5.32 Å². The average molecular weight is 256 g/mol. The first-order chi connectivity index (χ1) is 8.24. The van der Waals surface area contributed by atoms with Crippen LogP contribution in [0.15, 0.2) is 0 Å². The standard InChI is InChI=1S/C12H20N2O2S/c1-2-9-11(15)13-6-7-14(9)12(16)10-5-3-4-8-17-10/h9-10H,2-8H2,1H3,(H,13,15). The van der Waals surface area contributed by atoms with Crippen molar-refractivity contribution in [2.75, 3.05) is 18.8 Å². The SMILES string of the molecule is CCC1C(=O)NCCN1C(=O)C1CCCCS1. The highest BCUT2D eigenvalue weighted by Crippen LogP contribution is 2.27. The van der Waals surface area contributed by atoms with Crippen LogP contribution in [0.3, 0.4) is 0 Å². The van der Waals surface area contributed by atoms with E-state index in [9.17, 15) is 9.59 Å². The van der Waals surface area contributed by atoms with Crippen LogP contribution >= 0.6 is 11.8 Å². The second-order valence-electron chi connectivity index (χ2n) is 4.60.